The third-order valence-electron chi connectivity index (χ3n) is 3.55. The third-order valence-corrected chi connectivity index (χ3v) is 3.55. The lowest BCUT2D eigenvalue weighted by Crippen LogP contribution is -2.28. The molecule has 1 N–H and O–H groups in total. The maximum Gasteiger partial charge on any atom is 0.407 e. The summed E-state index contributed by atoms with van der Waals surface area (Å²) in [5.41, 5.74) is 0. The molecule has 1 saturated carbocycles. The Hall–Kier alpha value is -1.24. The van der Waals surface area contributed by atoms with Crippen LogP contribution in [0.1, 0.15) is 38.5 Å². The van der Waals surface area contributed by atoms with Crippen molar-refractivity contribution >= 4 is 6.09 Å². The summed E-state index contributed by atoms with van der Waals surface area (Å²) in [5, 5.41) is 17.3. The van der Waals surface area contributed by atoms with Gasteiger partial charge in [-0.05, 0) is 31.1 Å². The lowest BCUT2D eigenvalue weighted by Gasteiger charge is -2.28. The maximum absolute atomic E-state index is 10.6. The monoisotopic (exact) mass is 224 g/mol. The average molecular weight is 224 g/mol. The van der Waals surface area contributed by atoms with Crippen LogP contribution < -0.4 is 0 Å². The molecule has 1 aliphatic carbocycles. The summed E-state index contributed by atoms with van der Waals surface area (Å²) >= 11 is 0. The van der Waals surface area contributed by atoms with Crippen LogP contribution in [0.2, 0.25) is 0 Å². The lowest BCUT2D eigenvalue weighted by molar-refractivity contribution is 0.150. The van der Waals surface area contributed by atoms with Gasteiger partial charge in [0.05, 0.1) is 6.07 Å². The Morgan fingerprint density at radius 2 is 1.94 bits per heavy atom. The quantitative estimate of drug-likeness (QED) is 0.798. The molecular weight excluding hydrogens is 204 g/mol. The topological polar surface area (TPSA) is 64.3 Å². The molecule has 1 aliphatic rings. The molecule has 0 saturated heterocycles. The standard InChI is InChI=1S/C12H20N2O2/c1-14(12(15)16)9-7-11-4-2-10(3-5-11)6-8-13/h10-11H,2-7,9H2,1H3,(H,15,16). The molecule has 0 atom stereocenters. The van der Waals surface area contributed by atoms with Crippen molar-refractivity contribution in [1.82, 2.24) is 4.90 Å². The van der Waals surface area contributed by atoms with Gasteiger partial charge in [-0.15, -0.1) is 0 Å². The first kappa shape index (κ1) is 12.8. The second-order valence-corrected chi connectivity index (χ2v) is 4.74. The van der Waals surface area contributed by atoms with Crippen molar-refractivity contribution in [2.75, 3.05) is 13.6 Å². The van der Waals surface area contributed by atoms with E-state index in [9.17, 15) is 4.79 Å². The van der Waals surface area contributed by atoms with Crippen LogP contribution >= 0.6 is 0 Å². The molecule has 0 aromatic carbocycles. The molecule has 1 rings (SSSR count). The van der Waals surface area contributed by atoms with E-state index < -0.39 is 6.09 Å². The zero-order chi connectivity index (χ0) is 12.0. The van der Waals surface area contributed by atoms with Crippen LogP contribution in [-0.4, -0.2) is 29.7 Å². The molecule has 0 bridgehead atoms. The van der Waals surface area contributed by atoms with Gasteiger partial charge in [-0.3, -0.25) is 0 Å². The second-order valence-electron chi connectivity index (χ2n) is 4.74. The molecule has 0 spiro atoms. The average Bonchev–Trinajstić information content (AvgIpc) is 2.28. The van der Waals surface area contributed by atoms with Crippen LogP contribution in [0, 0.1) is 23.2 Å². The Morgan fingerprint density at radius 1 is 1.38 bits per heavy atom. The summed E-state index contributed by atoms with van der Waals surface area (Å²) in [6.07, 6.45) is 5.37. The predicted molar refractivity (Wildman–Crippen MR) is 60.9 cm³/mol. The van der Waals surface area contributed by atoms with Crippen LogP contribution in [-0.2, 0) is 0 Å². The molecule has 4 heteroatoms. The summed E-state index contributed by atoms with van der Waals surface area (Å²) < 4.78 is 0. The van der Waals surface area contributed by atoms with Gasteiger partial charge in [-0.25, -0.2) is 4.79 Å². The second kappa shape index (κ2) is 6.37. The fraction of sp³-hybridized carbons (Fsp3) is 0.833. The Labute approximate surface area is 96.9 Å². The van der Waals surface area contributed by atoms with Gasteiger partial charge in [-0.2, -0.15) is 5.26 Å². The first-order chi connectivity index (χ1) is 7.63. The van der Waals surface area contributed by atoms with Crippen molar-refractivity contribution < 1.29 is 9.90 Å². The van der Waals surface area contributed by atoms with E-state index in [1.165, 1.54) is 4.90 Å². The number of nitriles is 1. The first-order valence-corrected chi connectivity index (χ1v) is 5.94. The molecule has 0 aromatic heterocycles. The zero-order valence-electron chi connectivity index (χ0n) is 9.85. The van der Waals surface area contributed by atoms with Crippen molar-refractivity contribution in [3.63, 3.8) is 0 Å². The minimum Gasteiger partial charge on any atom is -0.465 e. The SMILES string of the molecule is CN(CCC1CCC(CC#N)CC1)C(=O)O. The van der Waals surface area contributed by atoms with Crippen molar-refractivity contribution in [1.29, 1.82) is 5.26 Å². The third kappa shape index (κ3) is 4.09. The zero-order valence-corrected chi connectivity index (χ0v) is 9.85. The maximum atomic E-state index is 10.6. The molecule has 16 heavy (non-hydrogen) atoms. The molecule has 0 aliphatic heterocycles. The predicted octanol–water partition coefficient (Wildman–Crippen LogP) is 2.71. The summed E-state index contributed by atoms with van der Waals surface area (Å²) in [7, 11) is 1.61. The number of amides is 1. The van der Waals surface area contributed by atoms with E-state index in [0.717, 1.165) is 32.1 Å². The molecule has 1 fully saturated rings. The molecule has 0 heterocycles. The van der Waals surface area contributed by atoms with Crippen molar-refractivity contribution in [2.24, 2.45) is 11.8 Å². The van der Waals surface area contributed by atoms with E-state index in [1.54, 1.807) is 7.05 Å². The molecule has 0 aromatic rings. The van der Waals surface area contributed by atoms with Crippen LogP contribution in [0.15, 0.2) is 0 Å². The number of carboxylic acid groups (broad SMARTS) is 1. The largest absolute Gasteiger partial charge is 0.465 e. The highest BCUT2D eigenvalue weighted by atomic mass is 16.4. The summed E-state index contributed by atoms with van der Waals surface area (Å²) in [4.78, 5) is 11.9. The van der Waals surface area contributed by atoms with Crippen LogP contribution in [0.4, 0.5) is 4.79 Å². The van der Waals surface area contributed by atoms with Gasteiger partial charge in [-0.1, -0.05) is 12.8 Å². The number of carbonyl (C=O) groups is 1. The van der Waals surface area contributed by atoms with Crippen molar-refractivity contribution in [3.8, 4) is 6.07 Å². The van der Waals surface area contributed by atoms with Gasteiger partial charge in [0.2, 0.25) is 0 Å². The van der Waals surface area contributed by atoms with Gasteiger partial charge in [0, 0.05) is 20.0 Å². The highest BCUT2D eigenvalue weighted by Gasteiger charge is 2.21. The number of hydrogen-bond donors (Lipinski definition) is 1. The van der Waals surface area contributed by atoms with E-state index in [2.05, 4.69) is 6.07 Å². The Balaban J connectivity index is 2.17. The first-order valence-electron chi connectivity index (χ1n) is 5.94. The fourth-order valence-corrected chi connectivity index (χ4v) is 2.33. The van der Waals surface area contributed by atoms with Gasteiger partial charge in [0.15, 0.2) is 0 Å². The normalized spacial score (nSPS) is 24.8. The number of rotatable bonds is 4. The molecular formula is C12H20N2O2. The van der Waals surface area contributed by atoms with Crippen molar-refractivity contribution in [3.05, 3.63) is 0 Å². The Kier molecular flexibility index (Phi) is 5.10. The van der Waals surface area contributed by atoms with Gasteiger partial charge in [0.1, 0.15) is 0 Å². The highest BCUT2D eigenvalue weighted by Crippen LogP contribution is 2.32. The highest BCUT2D eigenvalue weighted by molar-refractivity contribution is 5.64. The minimum absolute atomic E-state index is 0.582. The Bertz CT molecular complexity index is 265. The smallest absolute Gasteiger partial charge is 0.407 e. The van der Waals surface area contributed by atoms with E-state index in [-0.39, 0.29) is 0 Å². The van der Waals surface area contributed by atoms with Crippen molar-refractivity contribution in [2.45, 2.75) is 38.5 Å². The van der Waals surface area contributed by atoms with Gasteiger partial charge < -0.3 is 10.0 Å². The van der Waals surface area contributed by atoms with Crippen LogP contribution in [0.3, 0.4) is 0 Å². The molecule has 0 radical (unpaired) electrons. The van der Waals surface area contributed by atoms with E-state index >= 15 is 0 Å². The van der Waals surface area contributed by atoms with Gasteiger partial charge in [0.25, 0.3) is 0 Å². The Morgan fingerprint density at radius 3 is 2.44 bits per heavy atom. The summed E-state index contributed by atoms with van der Waals surface area (Å²) in [5.74, 6) is 1.23. The number of nitrogens with zero attached hydrogens (tertiary/aromatic N) is 2. The summed E-state index contributed by atoms with van der Waals surface area (Å²) in [6, 6.07) is 2.23. The fourth-order valence-electron chi connectivity index (χ4n) is 2.33. The molecule has 4 nitrogen and oxygen atoms in total. The van der Waals surface area contributed by atoms with Gasteiger partial charge >= 0.3 is 6.09 Å². The summed E-state index contributed by atoms with van der Waals surface area (Å²) in [6.45, 7) is 0.628. The van der Waals surface area contributed by atoms with E-state index in [4.69, 9.17) is 10.4 Å². The molecule has 0 unspecified atom stereocenters. The van der Waals surface area contributed by atoms with Crippen LogP contribution in [0.25, 0.3) is 0 Å². The van der Waals surface area contributed by atoms with Crippen LogP contribution in [0.5, 0.6) is 0 Å². The molecule has 90 valence electrons. The van der Waals surface area contributed by atoms with E-state index in [0.29, 0.717) is 24.8 Å². The van der Waals surface area contributed by atoms with E-state index in [1.807, 2.05) is 0 Å². The number of hydrogen-bond acceptors (Lipinski definition) is 2. The lowest BCUT2D eigenvalue weighted by atomic mass is 9.79. The minimum atomic E-state index is -0.849. The molecule has 1 amide bonds.